The Labute approximate surface area is 156 Å². The second kappa shape index (κ2) is 6.90. The monoisotopic (exact) mass is 422 g/mol. The van der Waals surface area contributed by atoms with E-state index < -0.39 is 5.91 Å². The Morgan fingerprint density at radius 2 is 2.00 bits per heavy atom. The van der Waals surface area contributed by atoms with E-state index in [2.05, 4.69) is 21.2 Å². The van der Waals surface area contributed by atoms with Gasteiger partial charge in [-0.3, -0.25) is 4.79 Å². The number of anilines is 2. The molecule has 3 N–H and O–H groups in total. The van der Waals surface area contributed by atoms with E-state index in [0.717, 1.165) is 5.56 Å². The SMILES string of the molecule is Cc1cc(N)cc(Cl)c1NC(=O)c1ccc(-c2ccc(F)cc2Br)o1. The summed E-state index contributed by atoms with van der Waals surface area (Å²) in [7, 11) is 0. The number of carbonyl (C=O) groups excluding carboxylic acids is 1. The molecule has 0 atom stereocenters. The highest BCUT2D eigenvalue weighted by atomic mass is 79.9. The standard InChI is InChI=1S/C18H13BrClFN2O2/c1-9-6-11(22)8-14(20)17(9)23-18(24)16-5-4-15(25-16)12-3-2-10(21)7-13(12)19/h2-8H,22H2,1H3,(H,23,24). The number of nitrogen functional groups attached to an aromatic ring is 1. The van der Waals surface area contributed by atoms with E-state index in [1.54, 1.807) is 37.3 Å². The molecule has 0 aliphatic carbocycles. The van der Waals surface area contributed by atoms with Crippen LogP contribution in [0.3, 0.4) is 0 Å². The Morgan fingerprint density at radius 3 is 2.68 bits per heavy atom. The van der Waals surface area contributed by atoms with Gasteiger partial charge in [-0.2, -0.15) is 0 Å². The maximum atomic E-state index is 13.2. The number of hydrogen-bond acceptors (Lipinski definition) is 3. The van der Waals surface area contributed by atoms with Gasteiger partial charge in [0.25, 0.3) is 5.91 Å². The van der Waals surface area contributed by atoms with Crippen molar-refractivity contribution in [2.75, 3.05) is 11.1 Å². The van der Waals surface area contributed by atoms with Crippen LogP contribution < -0.4 is 11.1 Å². The minimum absolute atomic E-state index is 0.110. The minimum atomic E-state index is -0.445. The van der Waals surface area contributed by atoms with Gasteiger partial charge in [0.15, 0.2) is 5.76 Å². The van der Waals surface area contributed by atoms with E-state index in [9.17, 15) is 9.18 Å². The molecule has 1 aromatic heterocycles. The molecule has 2 aromatic carbocycles. The molecule has 0 aliphatic rings. The van der Waals surface area contributed by atoms with Gasteiger partial charge in [-0.05, 0) is 70.9 Å². The molecule has 1 heterocycles. The van der Waals surface area contributed by atoms with Gasteiger partial charge in [0.1, 0.15) is 11.6 Å². The average molecular weight is 424 g/mol. The molecule has 7 heteroatoms. The van der Waals surface area contributed by atoms with Gasteiger partial charge >= 0.3 is 0 Å². The number of furan rings is 1. The van der Waals surface area contributed by atoms with E-state index in [1.165, 1.54) is 12.1 Å². The number of nitrogens with one attached hydrogen (secondary N) is 1. The first-order valence-electron chi connectivity index (χ1n) is 7.27. The number of aryl methyl sites for hydroxylation is 1. The largest absolute Gasteiger partial charge is 0.451 e. The van der Waals surface area contributed by atoms with Crippen LogP contribution in [-0.4, -0.2) is 5.91 Å². The zero-order valence-electron chi connectivity index (χ0n) is 13.1. The minimum Gasteiger partial charge on any atom is -0.451 e. The number of amides is 1. The molecule has 0 fully saturated rings. The molecule has 0 saturated carbocycles. The fourth-order valence-corrected chi connectivity index (χ4v) is 3.27. The van der Waals surface area contributed by atoms with Crippen LogP contribution in [0.15, 0.2) is 51.4 Å². The average Bonchev–Trinajstić information content (AvgIpc) is 3.00. The number of hydrogen-bond donors (Lipinski definition) is 2. The van der Waals surface area contributed by atoms with Crippen molar-refractivity contribution in [1.82, 2.24) is 0 Å². The van der Waals surface area contributed by atoms with Crippen LogP contribution in [0.25, 0.3) is 11.3 Å². The molecule has 3 aromatic rings. The van der Waals surface area contributed by atoms with Gasteiger partial charge in [-0.1, -0.05) is 11.6 Å². The summed E-state index contributed by atoms with van der Waals surface area (Å²) in [6, 6.07) is 10.7. The van der Waals surface area contributed by atoms with Crippen molar-refractivity contribution in [1.29, 1.82) is 0 Å². The number of rotatable bonds is 3. The Kier molecular flexibility index (Phi) is 4.83. The van der Waals surface area contributed by atoms with Crippen molar-refractivity contribution >= 4 is 44.8 Å². The summed E-state index contributed by atoms with van der Waals surface area (Å²) in [4.78, 5) is 12.4. The van der Waals surface area contributed by atoms with Gasteiger partial charge in [0.2, 0.25) is 0 Å². The van der Waals surface area contributed by atoms with Crippen molar-refractivity contribution in [3.8, 4) is 11.3 Å². The lowest BCUT2D eigenvalue weighted by atomic mass is 10.1. The second-order valence-electron chi connectivity index (χ2n) is 5.44. The fraction of sp³-hybridized carbons (Fsp3) is 0.0556. The summed E-state index contributed by atoms with van der Waals surface area (Å²) in [5.41, 5.74) is 8.09. The highest BCUT2D eigenvalue weighted by Gasteiger charge is 2.16. The van der Waals surface area contributed by atoms with Crippen LogP contribution >= 0.6 is 27.5 Å². The number of carbonyl (C=O) groups is 1. The van der Waals surface area contributed by atoms with Crippen LogP contribution in [0.5, 0.6) is 0 Å². The van der Waals surface area contributed by atoms with E-state index in [4.69, 9.17) is 21.8 Å². The Morgan fingerprint density at radius 1 is 1.24 bits per heavy atom. The lowest BCUT2D eigenvalue weighted by Crippen LogP contribution is -2.12. The lowest BCUT2D eigenvalue weighted by Gasteiger charge is -2.10. The molecule has 0 saturated heterocycles. The van der Waals surface area contributed by atoms with Crippen LogP contribution in [0.1, 0.15) is 16.1 Å². The lowest BCUT2D eigenvalue weighted by molar-refractivity contribution is 0.0997. The zero-order valence-corrected chi connectivity index (χ0v) is 15.4. The topological polar surface area (TPSA) is 68.3 Å². The molecule has 0 aliphatic heterocycles. The molecule has 0 bridgehead atoms. The molecule has 0 unspecified atom stereocenters. The van der Waals surface area contributed by atoms with Crippen molar-refractivity contribution in [2.45, 2.75) is 6.92 Å². The van der Waals surface area contributed by atoms with Gasteiger partial charge in [0.05, 0.1) is 10.7 Å². The number of nitrogens with two attached hydrogens (primary N) is 1. The van der Waals surface area contributed by atoms with Gasteiger partial charge in [0, 0.05) is 15.7 Å². The zero-order chi connectivity index (χ0) is 18.1. The Balaban J connectivity index is 1.86. The molecule has 25 heavy (non-hydrogen) atoms. The van der Waals surface area contributed by atoms with Crippen LogP contribution in [0.4, 0.5) is 15.8 Å². The molecule has 4 nitrogen and oxygen atoms in total. The van der Waals surface area contributed by atoms with Crippen LogP contribution in [0.2, 0.25) is 5.02 Å². The molecule has 1 amide bonds. The third-order valence-electron chi connectivity index (χ3n) is 3.57. The van der Waals surface area contributed by atoms with Gasteiger partial charge in [-0.15, -0.1) is 0 Å². The first-order valence-corrected chi connectivity index (χ1v) is 8.44. The Bertz CT molecular complexity index is 948. The van der Waals surface area contributed by atoms with Crippen molar-refractivity contribution in [3.05, 3.63) is 69.1 Å². The quantitative estimate of drug-likeness (QED) is 0.535. The normalized spacial score (nSPS) is 10.7. The summed E-state index contributed by atoms with van der Waals surface area (Å²) in [5, 5.41) is 3.06. The maximum absolute atomic E-state index is 13.2. The first-order chi connectivity index (χ1) is 11.8. The smallest absolute Gasteiger partial charge is 0.291 e. The highest BCUT2D eigenvalue weighted by molar-refractivity contribution is 9.10. The fourth-order valence-electron chi connectivity index (χ4n) is 2.40. The highest BCUT2D eigenvalue weighted by Crippen LogP contribution is 2.32. The summed E-state index contributed by atoms with van der Waals surface area (Å²) >= 11 is 9.42. The third kappa shape index (κ3) is 3.70. The first kappa shape index (κ1) is 17.5. The summed E-state index contributed by atoms with van der Waals surface area (Å²) in [5.74, 6) is -0.261. The molecular formula is C18H13BrClFN2O2. The van der Waals surface area contributed by atoms with E-state index in [0.29, 0.717) is 32.2 Å². The van der Waals surface area contributed by atoms with E-state index >= 15 is 0 Å². The maximum Gasteiger partial charge on any atom is 0.291 e. The molecule has 0 spiro atoms. The van der Waals surface area contributed by atoms with Gasteiger partial charge < -0.3 is 15.5 Å². The van der Waals surface area contributed by atoms with Crippen molar-refractivity contribution in [3.63, 3.8) is 0 Å². The molecule has 128 valence electrons. The van der Waals surface area contributed by atoms with Gasteiger partial charge in [-0.25, -0.2) is 4.39 Å². The predicted octanol–water partition coefficient (Wildman–Crippen LogP) is 5.64. The number of halogens is 3. The Hall–Kier alpha value is -2.31. The van der Waals surface area contributed by atoms with Crippen molar-refractivity contribution in [2.24, 2.45) is 0 Å². The molecule has 0 radical (unpaired) electrons. The molecule has 3 rings (SSSR count). The summed E-state index contributed by atoms with van der Waals surface area (Å²) in [6.07, 6.45) is 0. The van der Waals surface area contributed by atoms with Crippen molar-refractivity contribution < 1.29 is 13.6 Å². The predicted molar refractivity (Wildman–Crippen MR) is 100 cm³/mol. The molecular weight excluding hydrogens is 411 g/mol. The van der Waals surface area contributed by atoms with Crippen LogP contribution in [0, 0.1) is 12.7 Å². The van der Waals surface area contributed by atoms with Crippen LogP contribution in [-0.2, 0) is 0 Å². The van der Waals surface area contributed by atoms with E-state index in [-0.39, 0.29) is 11.6 Å². The number of benzene rings is 2. The van der Waals surface area contributed by atoms with E-state index in [1.807, 2.05) is 0 Å². The summed E-state index contributed by atoms with van der Waals surface area (Å²) < 4.78 is 19.3. The summed E-state index contributed by atoms with van der Waals surface area (Å²) in [6.45, 7) is 1.79. The third-order valence-corrected chi connectivity index (χ3v) is 4.53. The second-order valence-corrected chi connectivity index (χ2v) is 6.70.